The maximum absolute atomic E-state index is 5.76. The Kier molecular flexibility index (Phi) is 2.29. The quantitative estimate of drug-likeness (QED) is 0.701. The lowest BCUT2D eigenvalue weighted by molar-refractivity contribution is 0.838. The number of aryl methyl sites for hydroxylation is 1. The first-order valence-electron chi connectivity index (χ1n) is 5.35. The second kappa shape index (κ2) is 3.81. The molecule has 0 aliphatic heterocycles. The molecule has 86 valence electrons. The standard InChI is InChI=1S/C11H11N5S/c1-2-9-13-14-11-16(9)15-10(17-11)7-4-3-5-8(12)6-7/h3-6H,2,12H2,1H3. The Morgan fingerprint density at radius 1 is 1.35 bits per heavy atom. The Morgan fingerprint density at radius 3 is 3.00 bits per heavy atom. The summed E-state index contributed by atoms with van der Waals surface area (Å²) in [5.41, 5.74) is 7.52. The Hall–Kier alpha value is -1.95. The molecule has 2 heterocycles. The first kappa shape index (κ1) is 10.2. The lowest BCUT2D eigenvalue weighted by Crippen LogP contribution is -1.93. The average molecular weight is 245 g/mol. The molecule has 0 atom stereocenters. The number of anilines is 1. The molecule has 3 aromatic rings. The molecule has 0 spiro atoms. The molecule has 0 aliphatic rings. The highest BCUT2D eigenvalue weighted by Crippen LogP contribution is 2.26. The molecule has 6 heteroatoms. The van der Waals surface area contributed by atoms with Crippen LogP contribution in [0.2, 0.25) is 0 Å². The van der Waals surface area contributed by atoms with Gasteiger partial charge in [-0.2, -0.15) is 9.61 Å². The van der Waals surface area contributed by atoms with Crippen molar-refractivity contribution in [2.75, 3.05) is 5.73 Å². The van der Waals surface area contributed by atoms with Gasteiger partial charge < -0.3 is 5.73 Å². The van der Waals surface area contributed by atoms with Crippen molar-refractivity contribution in [3.05, 3.63) is 30.1 Å². The third kappa shape index (κ3) is 1.66. The van der Waals surface area contributed by atoms with E-state index in [0.29, 0.717) is 0 Å². The summed E-state index contributed by atoms with van der Waals surface area (Å²) in [5, 5.41) is 13.6. The summed E-state index contributed by atoms with van der Waals surface area (Å²) in [4.78, 5) is 0.819. The molecule has 2 aromatic heterocycles. The number of fused-ring (bicyclic) bond motifs is 1. The first-order valence-corrected chi connectivity index (χ1v) is 6.16. The molecule has 3 rings (SSSR count). The summed E-state index contributed by atoms with van der Waals surface area (Å²) in [6.07, 6.45) is 0.821. The predicted octanol–water partition coefficient (Wildman–Crippen LogP) is 2.00. The molecule has 0 fully saturated rings. The van der Waals surface area contributed by atoms with Gasteiger partial charge in [-0.05, 0) is 12.1 Å². The fourth-order valence-corrected chi connectivity index (χ4v) is 2.52. The van der Waals surface area contributed by atoms with E-state index in [4.69, 9.17) is 5.73 Å². The highest BCUT2D eigenvalue weighted by Gasteiger charge is 2.11. The Morgan fingerprint density at radius 2 is 2.24 bits per heavy atom. The van der Waals surface area contributed by atoms with Crippen LogP contribution < -0.4 is 5.73 Å². The van der Waals surface area contributed by atoms with E-state index in [1.165, 1.54) is 11.3 Å². The third-order valence-corrected chi connectivity index (χ3v) is 3.45. The van der Waals surface area contributed by atoms with Gasteiger partial charge in [0, 0.05) is 17.7 Å². The lowest BCUT2D eigenvalue weighted by atomic mass is 10.2. The second-order valence-corrected chi connectivity index (χ2v) is 4.65. The van der Waals surface area contributed by atoms with Crippen LogP contribution in [0.25, 0.3) is 15.5 Å². The summed E-state index contributed by atoms with van der Waals surface area (Å²) in [6.45, 7) is 2.04. The molecule has 5 nitrogen and oxygen atoms in total. The monoisotopic (exact) mass is 245 g/mol. The molecule has 0 saturated heterocycles. The van der Waals surface area contributed by atoms with E-state index < -0.39 is 0 Å². The van der Waals surface area contributed by atoms with Crippen molar-refractivity contribution in [3.63, 3.8) is 0 Å². The lowest BCUT2D eigenvalue weighted by Gasteiger charge is -1.96. The van der Waals surface area contributed by atoms with Crippen LogP contribution in [0.15, 0.2) is 24.3 Å². The normalized spacial score (nSPS) is 11.1. The van der Waals surface area contributed by atoms with E-state index in [1.54, 1.807) is 4.52 Å². The van der Waals surface area contributed by atoms with Gasteiger partial charge in [-0.1, -0.05) is 30.4 Å². The number of benzene rings is 1. The van der Waals surface area contributed by atoms with Crippen molar-refractivity contribution >= 4 is 22.0 Å². The number of rotatable bonds is 2. The molecule has 17 heavy (non-hydrogen) atoms. The maximum atomic E-state index is 5.76. The predicted molar refractivity (Wildman–Crippen MR) is 67.9 cm³/mol. The second-order valence-electron chi connectivity index (χ2n) is 3.70. The zero-order chi connectivity index (χ0) is 11.8. The summed E-state index contributed by atoms with van der Waals surface area (Å²) < 4.78 is 1.79. The summed E-state index contributed by atoms with van der Waals surface area (Å²) in [6, 6.07) is 7.69. The van der Waals surface area contributed by atoms with E-state index >= 15 is 0 Å². The van der Waals surface area contributed by atoms with Crippen LogP contribution >= 0.6 is 11.3 Å². The molecule has 0 saturated carbocycles. The van der Waals surface area contributed by atoms with Crippen LogP contribution in [-0.2, 0) is 6.42 Å². The molecule has 2 N–H and O–H groups in total. The zero-order valence-electron chi connectivity index (χ0n) is 9.29. The van der Waals surface area contributed by atoms with E-state index in [0.717, 1.165) is 33.5 Å². The minimum absolute atomic E-state index is 0.740. The molecule has 1 aromatic carbocycles. The van der Waals surface area contributed by atoms with Crippen LogP contribution in [-0.4, -0.2) is 19.8 Å². The fraction of sp³-hybridized carbons (Fsp3) is 0.182. The van der Waals surface area contributed by atoms with Gasteiger partial charge >= 0.3 is 0 Å². The number of hydrogen-bond donors (Lipinski definition) is 1. The summed E-state index contributed by atoms with van der Waals surface area (Å²) in [7, 11) is 0. The molecule has 0 bridgehead atoms. The molecule has 0 unspecified atom stereocenters. The van der Waals surface area contributed by atoms with E-state index in [9.17, 15) is 0 Å². The van der Waals surface area contributed by atoms with Crippen LogP contribution in [0, 0.1) is 0 Å². The van der Waals surface area contributed by atoms with E-state index in [2.05, 4.69) is 15.3 Å². The molecule has 0 amide bonds. The third-order valence-electron chi connectivity index (χ3n) is 2.51. The first-order chi connectivity index (χ1) is 8.28. The maximum Gasteiger partial charge on any atom is 0.234 e. The van der Waals surface area contributed by atoms with Gasteiger partial charge in [0.25, 0.3) is 0 Å². The van der Waals surface area contributed by atoms with Gasteiger partial charge in [-0.15, -0.1) is 10.2 Å². The van der Waals surface area contributed by atoms with Gasteiger partial charge in [0.1, 0.15) is 5.01 Å². The molecular weight excluding hydrogens is 234 g/mol. The van der Waals surface area contributed by atoms with Crippen LogP contribution in [0.3, 0.4) is 0 Å². The van der Waals surface area contributed by atoms with Crippen molar-refractivity contribution in [1.82, 2.24) is 19.8 Å². The van der Waals surface area contributed by atoms with Crippen molar-refractivity contribution in [1.29, 1.82) is 0 Å². The van der Waals surface area contributed by atoms with Crippen molar-refractivity contribution in [2.45, 2.75) is 13.3 Å². The minimum atomic E-state index is 0.740. The van der Waals surface area contributed by atoms with Gasteiger partial charge in [-0.3, -0.25) is 0 Å². The fourth-order valence-electron chi connectivity index (χ4n) is 1.67. The van der Waals surface area contributed by atoms with Crippen molar-refractivity contribution in [2.24, 2.45) is 0 Å². The van der Waals surface area contributed by atoms with E-state index in [1.807, 2.05) is 31.2 Å². The van der Waals surface area contributed by atoms with E-state index in [-0.39, 0.29) is 0 Å². The Labute approximate surface area is 102 Å². The number of hydrogen-bond acceptors (Lipinski definition) is 5. The SMILES string of the molecule is CCc1nnc2sc(-c3cccc(N)c3)nn12. The summed E-state index contributed by atoms with van der Waals surface area (Å²) >= 11 is 1.52. The van der Waals surface area contributed by atoms with Gasteiger partial charge in [0.2, 0.25) is 4.96 Å². The smallest absolute Gasteiger partial charge is 0.234 e. The minimum Gasteiger partial charge on any atom is -0.399 e. The average Bonchev–Trinajstić information content (AvgIpc) is 2.87. The molecule has 0 radical (unpaired) electrons. The van der Waals surface area contributed by atoms with Gasteiger partial charge in [-0.25, -0.2) is 0 Å². The van der Waals surface area contributed by atoms with Gasteiger partial charge in [0.15, 0.2) is 5.82 Å². The number of nitrogen functional groups attached to an aromatic ring is 1. The topological polar surface area (TPSA) is 69.1 Å². The van der Waals surface area contributed by atoms with Crippen molar-refractivity contribution in [3.8, 4) is 10.6 Å². The summed E-state index contributed by atoms with van der Waals surface area (Å²) in [5.74, 6) is 0.881. The Bertz CT molecular complexity index is 669. The van der Waals surface area contributed by atoms with Gasteiger partial charge in [0.05, 0.1) is 0 Å². The highest BCUT2D eigenvalue weighted by molar-refractivity contribution is 7.19. The molecular formula is C11H11N5S. The number of nitrogens with two attached hydrogens (primary N) is 1. The van der Waals surface area contributed by atoms with Crippen molar-refractivity contribution < 1.29 is 0 Å². The van der Waals surface area contributed by atoms with Crippen LogP contribution in [0.4, 0.5) is 5.69 Å². The molecule has 0 aliphatic carbocycles. The number of aromatic nitrogens is 4. The number of nitrogens with zero attached hydrogens (tertiary/aromatic N) is 4. The van der Waals surface area contributed by atoms with Crippen LogP contribution in [0.1, 0.15) is 12.7 Å². The largest absolute Gasteiger partial charge is 0.399 e. The highest BCUT2D eigenvalue weighted by atomic mass is 32.1. The van der Waals surface area contributed by atoms with Crippen LogP contribution in [0.5, 0.6) is 0 Å². The Balaban J connectivity index is 2.15. The zero-order valence-corrected chi connectivity index (χ0v) is 10.1.